The van der Waals surface area contributed by atoms with Gasteiger partial charge >= 0.3 is 0 Å². The summed E-state index contributed by atoms with van der Waals surface area (Å²) in [6.07, 6.45) is 1.94. The molecule has 0 radical (unpaired) electrons. The highest BCUT2D eigenvalue weighted by Crippen LogP contribution is 2.22. The maximum Gasteiger partial charge on any atom is 0.258 e. The predicted molar refractivity (Wildman–Crippen MR) is 108 cm³/mol. The van der Waals surface area contributed by atoms with Gasteiger partial charge in [-0.2, -0.15) is 0 Å². The smallest absolute Gasteiger partial charge is 0.258 e. The van der Waals surface area contributed by atoms with E-state index in [1.54, 1.807) is 30.3 Å². The molecule has 7 nitrogen and oxygen atoms in total. The lowest BCUT2D eigenvalue weighted by atomic mass is 10.2. The van der Waals surface area contributed by atoms with Gasteiger partial charge in [-0.15, -0.1) is 0 Å². The fourth-order valence-corrected chi connectivity index (χ4v) is 2.88. The minimum atomic E-state index is -0.386. The summed E-state index contributed by atoms with van der Waals surface area (Å²) in [7, 11) is 3.03. The molecule has 0 aromatic heterocycles. The maximum atomic E-state index is 13.2. The van der Waals surface area contributed by atoms with E-state index in [2.05, 4.69) is 15.6 Å². The monoisotopic (exact) mass is 401 g/mol. The van der Waals surface area contributed by atoms with Crippen molar-refractivity contribution in [3.05, 3.63) is 53.8 Å². The SMILES string of the molecule is COc1cc(OC)cc(C(=O)NC(=NCC2CCCO2)Nc2ccc(F)cc2)c1. The van der Waals surface area contributed by atoms with Gasteiger partial charge in [-0.3, -0.25) is 10.1 Å². The van der Waals surface area contributed by atoms with Crippen molar-refractivity contribution in [3.63, 3.8) is 0 Å². The summed E-state index contributed by atoms with van der Waals surface area (Å²) in [4.78, 5) is 17.3. The van der Waals surface area contributed by atoms with Crippen molar-refractivity contribution < 1.29 is 23.4 Å². The molecule has 0 spiro atoms. The molecule has 1 amide bonds. The van der Waals surface area contributed by atoms with Gasteiger partial charge in [-0.1, -0.05) is 0 Å². The van der Waals surface area contributed by atoms with Crippen LogP contribution in [0.15, 0.2) is 47.5 Å². The number of rotatable bonds is 6. The molecule has 2 N–H and O–H groups in total. The summed E-state index contributed by atoms with van der Waals surface area (Å²) in [6.45, 7) is 1.13. The number of nitrogens with one attached hydrogen (secondary N) is 2. The zero-order chi connectivity index (χ0) is 20.6. The fourth-order valence-electron chi connectivity index (χ4n) is 2.88. The van der Waals surface area contributed by atoms with Crippen molar-refractivity contribution in [2.45, 2.75) is 18.9 Å². The van der Waals surface area contributed by atoms with E-state index in [1.165, 1.54) is 26.4 Å². The van der Waals surface area contributed by atoms with E-state index in [4.69, 9.17) is 14.2 Å². The Kier molecular flexibility index (Phi) is 7.02. The van der Waals surface area contributed by atoms with E-state index in [-0.39, 0.29) is 23.8 Å². The average Bonchev–Trinajstić information content (AvgIpc) is 3.26. The van der Waals surface area contributed by atoms with E-state index in [0.717, 1.165) is 19.4 Å². The summed E-state index contributed by atoms with van der Waals surface area (Å²) in [6, 6.07) is 10.7. The van der Waals surface area contributed by atoms with Gasteiger partial charge in [0.1, 0.15) is 17.3 Å². The lowest BCUT2D eigenvalue weighted by Crippen LogP contribution is -2.36. The van der Waals surface area contributed by atoms with Crippen LogP contribution < -0.4 is 20.1 Å². The highest BCUT2D eigenvalue weighted by atomic mass is 19.1. The molecule has 1 aliphatic heterocycles. The van der Waals surface area contributed by atoms with E-state index in [9.17, 15) is 9.18 Å². The summed E-state index contributed by atoms with van der Waals surface area (Å²) >= 11 is 0. The molecule has 1 fully saturated rings. The zero-order valence-electron chi connectivity index (χ0n) is 16.4. The minimum absolute atomic E-state index is 0.0221. The van der Waals surface area contributed by atoms with Crippen LogP contribution in [0.5, 0.6) is 11.5 Å². The van der Waals surface area contributed by atoms with Crippen molar-refractivity contribution in [2.75, 3.05) is 32.7 Å². The first-order valence-corrected chi connectivity index (χ1v) is 9.30. The molecular weight excluding hydrogens is 377 g/mol. The third-order valence-electron chi connectivity index (χ3n) is 4.43. The van der Waals surface area contributed by atoms with Gasteiger partial charge in [0.25, 0.3) is 5.91 Å². The number of guanidine groups is 1. The normalized spacial score (nSPS) is 16.4. The summed E-state index contributed by atoms with van der Waals surface area (Å²) in [5, 5.41) is 5.78. The lowest BCUT2D eigenvalue weighted by Gasteiger charge is -2.14. The van der Waals surface area contributed by atoms with Crippen LogP contribution in [-0.2, 0) is 4.74 Å². The highest BCUT2D eigenvalue weighted by molar-refractivity contribution is 6.10. The number of nitrogens with zero attached hydrogens (tertiary/aromatic N) is 1. The molecule has 29 heavy (non-hydrogen) atoms. The Morgan fingerprint density at radius 3 is 2.45 bits per heavy atom. The van der Waals surface area contributed by atoms with Gasteiger partial charge in [0.15, 0.2) is 0 Å². The molecule has 154 valence electrons. The minimum Gasteiger partial charge on any atom is -0.497 e. The number of anilines is 1. The summed E-state index contributed by atoms with van der Waals surface area (Å²) < 4.78 is 29.2. The molecule has 2 aromatic carbocycles. The Hall–Kier alpha value is -3.13. The van der Waals surface area contributed by atoms with Crippen LogP contribution in [-0.4, -0.2) is 45.3 Å². The van der Waals surface area contributed by atoms with Crippen molar-refractivity contribution >= 4 is 17.6 Å². The van der Waals surface area contributed by atoms with Gasteiger partial charge in [0, 0.05) is 23.9 Å². The van der Waals surface area contributed by atoms with Crippen LogP contribution in [0.2, 0.25) is 0 Å². The van der Waals surface area contributed by atoms with Crippen molar-refractivity contribution in [1.82, 2.24) is 5.32 Å². The zero-order valence-corrected chi connectivity index (χ0v) is 16.4. The molecule has 1 saturated heterocycles. The molecule has 8 heteroatoms. The van der Waals surface area contributed by atoms with Gasteiger partial charge in [0.2, 0.25) is 5.96 Å². The molecule has 1 unspecified atom stereocenters. The van der Waals surface area contributed by atoms with Crippen molar-refractivity contribution in [3.8, 4) is 11.5 Å². The third kappa shape index (κ3) is 5.92. The number of benzene rings is 2. The number of hydrogen-bond acceptors (Lipinski definition) is 5. The molecule has 0 saturated carbocycles. The van der Waals surface area contributed by atoms with Crippen LogP contribution in [0, 0.1) is 5.82 Å². The third-order valence-corrected chi connectivity index (χ3v) is 4.43. The highest BCUT2D eigenvalue weighted by Gasteiger charge is 2.17. The van der Waals surface area contributed by atoms with E-state index in [1.807, 2.05) is 0 Å². The Bertz CT molecular complexity index is 842. The molecule has 0 aliphatic carbocycles. The number of methoxy groups -OCH3 is 2. The standard InChI is InChI=1S/C21H24FN3O4/c1-27-18-10-14(11-19(12-18)28-2)20(26)25-21(23-13-17-4-3-9-29-17)24-16-7-5-15(22)6-8-16/h5-8,10-12,17H,3-4,9,13H2,1-2H3,(H2,23,24,25,26). The molecule has 1 atom stereocenters. The molecule has 1 heterocycles. The first kappa shape index (κ1) is 20.6. The Labute approximate surface area is 168 Å². The van der Waals surface area contributed by atoms with Crippen molar-refractivity contribution in [2.24, 2.45) is 4.99 Å². The molecule has 0 bridgehead atoms. The second-order valence-corrected chi connectivity index (χ2v) is 6.51. The Morgan fingerprint density at radius 2 is 1.86 bits per heavy atom. The fraction of sp³-hybridized carbons (Fsp3) is 0.333. The number of carbonyl (C=O) groups is 1. The molecule has 3 rings (SSSR count). The van der Waals surface area contributed by atoms with Crippen LogP contribution >= 0.6 is 0 Å². The first-order chi connectivity index (χ1) is 14.1. The number of ether oxygens (including phenoxy) is 3. The van der Waals surface area contributed by atoms with Gasteiger partial charge in [-0.05, 0) is 49.2 Å². The number of halogens is 1. The molecular formula is C21H24FN3O4. The maximum absolute atomic E-state index is 13.2. The second-order valence-electron chi connectivity index (χ2n) is 6.51. The quantitative estimate of drug-likeness (QED) is 0.574. The number of aliphatic imine (C=N–C) groups is 1. The number of carbonyl (C=O) groups excluding carboxylic acids is 1. The molecule has 1 aliphatic rings. The predicted octanol–water partition coefficient (Wildman–Crippen LogP) is 3.22. The number of amides is 1. The second kappa shape index (κ2) is 9.88. The lowest BCUT2D eigenvalue weighted by molar-refractivity contribution is 0.0975. The van der Waals surface area contributed by atoms with Crippen LogP contribution in [0.3, 0.4) is 0 Å². The van der Waals surface area contributed by atoms with E-state index >= 15 is 0 Å². The summed E-state index contributed by atoms with van der Waals surface area (Å²) in [5.74, 6) is 0.514. The van der Waals surface area contributed by atoms with E-state index < -0.39 is 0 Å². The summed E-state index contributed by atoms with van der Waals surface area (Å²) in [5.41, 5.74) is 0.952. The van der Waals surface area contributed by atoms with E-state index in [0.29, 0.717) is 29.3 Å². The Balaban J connectivity index is 1.78. The average molecular weight is 401 g/mol. The van der Waals surface area contributed by atoms with Crippen LogP contribution in [0.4, 0.5) is 10.1 Å². The Morgan fingerprint density at radius 1 is 1.17 bits per heavy atom. The van der Waals surface area contributed by atoms with Crippen LogP contribution in [0.25, 0.3) is 0 Å². The van der Waals surface area contributed by atoms with Gasteiger partial charge < -0.3 is 19.5 Å². The van der Waals surface area contributed by atoms with Crippen LogP contribution in [0.1, 0.15) is 23.2 Å². The van der Waals surface area contributed by atoms with Crippen molar-refractivity contribution in [1.29, 1.82) is 0 Å². The first-order valence-electron chi connectivity index (χ1n) is 9.30. The number of hydrogen-bond donors (Lipinski definition) is 2. The largest absolute Gasteiger partial charge is 0.497 e. The van der Waals surface area contributed by atoms with Gasteiger partial charge in [-0.25, -0.2) is 9.38 Å². The molecule has 2 aromatic rings. The topological polar surface area (TPSA) is 81.2 Å². The van der Waals surface area contributed by atoms with Gasteiger partial charge in [0.05, 0.1) is 26.9 Å².